The molecule has 1 aliphatic rings. The molecule has 8 heteroatoms. The lowest BCUT2D eigenvalue weighted by Gasteiger charge is -2.03. The van der Waals surface area contributed by atoms with Gasteiger partial charge in [0.15, 0.2) is 11.5 Å². The van der Waals surface area contributed by atoms with Crippen LogP contribution in [0.25, 0.3) is 34.0 Å². The van der Waals surface area contributed by atoms with Gasteiger partial charge in [-0.2, -0.15) is 10.4 Å². The Labute approximate surface area is 210 Å². The third-order valence-electron chi connectivity index (χ3n) is 5.96. The molecular formula is C29H17N3O5. The van der Waals surface area contributed by atoms with E-state index in [1.54, 1.807) is 47.3 Å². The molecule has 5 aromatic rings. The molecule has 0 spiro atoms. The number of rotatable bonds is 5. The van der Waals surface area contributed by atoms with Gasteiger partial charge in [0.05, 0.1) is 11.3 Å². The Kier molecular flexibility index (Phi) is 5.36. The maximum Gasteiger partial charge on any atom is 0.345 e. The molecule has 0 saturated heterocycles. The van der Waals surface area contributed by atoms with Crippen LogP contribution in [0.2, 0.25) is 0 Å². The van der Waals surface area contributed by atoms with Crippen LogP contribution in [0.3, 0.4) is 0 Å². The predicted molar refractivity (Wildman–Crippen MR) is 136 cm³/mol. The van der Waals surface area contributed by atoms with Crippen LogP contribution in [0.5, 0.6) is 11.5 Å². The number of Topliss-reactive ketones (excluding diaryl/α,β-unsaturated/α-hetero) is 1. The zero-order valence-electron chi connectivity index (χ0n) is 19.3. The van der Waals surface area contributed by atoms with Crippen LogP contribution in [0.1, 0.15) is 15.9 Å². The summed E-state index contributed by atoms with van der Waals surface area (Å²) in [5.41, 5.74) is 1.68. The number of carbonyl (C=O) groups excluding carboxylic acids is 1. The molecule has 1 aliphatic heterocycles. The molecule has 0 radical (unpaired) electrons. The maximum absolute atomic E-state index is 13.3. The summed E-state index contributed by atoms with van der Waals surface area (Å²) in [7, 11) is 0. The normalized spacial score (nSPS) is 12.5. The van der Waals surface area contributed by atoms with Gasteiger partial charge in [0, 0.05) is 22.7 Å². The first kappa shape index (κ1) is 22.1. The molecular weight excluding hydrogens is 470 g/mol. The number of ketones is 1. The second-order valence-corrected chi connectivity index (χ2v) is 8.27. The Balaban J connectivity index is 1.50. The number of carbonyl (C=O) groups is 1. The molecule has 6 rings (SSSR count). The van der Waals surface area contributed by atoms with E-state index in [1.165, 1.54) is 6.08 Å². The van der Waals surface area contributed by atoms with Gasteiger partial charge in [-0.05, 0) is 48.5 Å². The van der Waals surface area contributed by atoms with Crippen molar-refractivity contribution in [3.05, 3.63) is 112 Å². The molecule has 0 saturated carbocycles. The summed E-state index contributed by atoms with van der Waals surface area (Å²) >= 11 is 0. The molecule has 178 valence electrons. The third-order valence-corrected chi connectivity index (χ3v) is 5.96. The lowest BCUT2D eigenvalue weighted by atomic mass is 10.0. The van der Waals surface area contributed by atoms with E-state index in [-0.39, 0.29) is 29.2 Å². The van der Waals surface area contributed by atoms with Crippen LogP contribution in [-0.2, 0) is 0 Å². The highest BCUT2D eigenvalue weighted by atomic mass is 16.7. The highest BCUT2D eigenvalue weighted by Gasteiger charge is 2.21. The quantitative estimate of drug-likeness (QED) is 0.146. The molecule has 3 heterocycles. The number of fused-ring (bicyclic) bond motifs is 2. The topological polar surface area (TPSA) is 107 Å². The smallest absolute Gasteiger partial charge is 0.345 e. The number of hydrogen-bond donors (Lipinski definition) is 0. The van der Waals surface area contributed by atoms with Crippen LogP contribution in [0.4, 0.5) is 0 Å². The number of allylic oxidation sites excluding steroid dienone is 1. The van der Waals surface area contributed by atoms with Crippen molar-refractivity contribution in [3.8, 4) is 34.5 Å². The van der Waals surface area contributed by atoms with Gasteiger partial charge >= 0.3 is 5.63 Å². The average molecular weight is 487 g/mol. The minimum Gasteiger partial charge on any atom is -0.454 e. The van der Waals surface area contributed by atoms with Crippen LogP contribution in [0.15, 0.2) is 99.8 Å². The Morgan fingerprint density at radius 2 is 1.76 bits per heavy atom. The molecule has 2 aromatic heterocycles. The predicted octanol–water partition coefficient (Wildman–Crippen LogP) is 5.16. The molecule has 37 heavy (non-hydrogen) atoms. The van der Waals surface area contributed by atoms with Crippen molar-refractivity contribution >= 4 is 22.8 Å². The van der Waals surface area contributed by atoms with E-state index in [9.17, 15) is 14.9 Å². The zero-order valence-corrected chi connectivity index (χ0v) is 19.3. The Hall–Kier alpha value is -5.42. The summed E-state index contributed by atoms with van der Waals surface area (Å²) in [5, 5.41) is 15.3. The number of benzene rings is 3. The van der Waals surface area contributed by atoms with Crippen LogP contribution in [0, 0.1) is 11.3 Å². The molecule has 0 N–H and O–H groups in total. The van der Waals surface area contributed by atoms with Gasteiger partial charge in [0.2, 0.25) is 12.6 Å². The monoisotopic (exact) mass is 487 g/mol. The molecule has 0 bridgehead atoms. The van der Waals surface area contributed by atoms with Gasteiger partial charge in [-0.25, -0.2) is 9.48 Å². The standard InChI is InChI=1S/C29H17N3O5/c30-15-20(28(33)19-10-11-25-26(14-19)36-17-35-25)12-21-16-32(22-7-2-1-3-8-22)31-27(21)23-13-18-6-4-5-9-24(18)37-29(23)34/h1-14,16H,17H2. The van der Waals surface area contributed by atoms with E-state index < -0.39 is 11.4 Å². The number of nitrogens with zero attached hydrogens (tertiary/aromatic N) is 3. The zero-order chi connectivity index (χ0) is 25.4. The fourth-order valence-electron chi connectivity index (χ4n) is 4.14. The van der Waals surface area contributed by atoms with Crippen LogP contribution < -0.4 is 15.1 Å². The fourth-order valence-corrected chi connectivity index (χ4v) is 4.14. The van der Waals surface area contributed by atoms with E-state index >= 15 is 0 Å². The molecule has 0 atom stereocenters. The third kappa shape index (κ3) is 4.05. The number of aromatic nitrogens is 2. The molecule has 0 fully saturated rings. The largest absolute Gasteiger partial charge is 0.454 e. The van der Waals surface area contributed by atoms with E-state index in [2.05, 4.69) is 5.10 Å². The first-order valence-corrected chi connectivity index (χ1v) is 11.4. The van der Waals surface area contributed by atoms with E-state index in [1.807, 2.05) is 48.5 Å². The summed E-state index contributed by atoms with van der Waals surface area (Å²) in [5.74, 6) is 0.479. The highest BCUT2D eigenvalue weighted by Crippen LogP contribution is 2.33. The number of hydrogen-bond acceptors (Lipinski definition) is 7. The summed E-state index contributed by atoms with van der Waals surface area (Å²) in [4.78, 5) is 26.2. The molecule has 3 aromatic carbocycles. The van der Waals surface area contributed by atoms with Crippen molar-refractivity contribution in [2.75, 3.05) is 6.79 Å². The van der Waals surface area contributed by atoms with E-state index in [4.69, 9.17) is 13.9 Å². The number of nitriles is 1. The van der Waals surface area contributed by atoms with Gasteiger partial charge in [-0.3, -0.25) is 4.79 Å². The first-order chi connectivity index (χ1) is 18.1. The van der Waals surface area contributed by atoms with Crippen LogP contribution in [-0.4, -0.2) is 22.4 Å². The highest BCUT2D eigenvalue weighted by molar-refractivity contribution is 6.14. The van der Waals surface area contributed by atoms with Gasteiger partial charge in [-0.15, -0.1) is 0 Å². The summed E-state index contributed by atoms with van der Waals surface area (Å²) < 4.78 is 17.8. The Morgan fingerprint density at radius 1 is 0.973 bits per heavy atom. The number of ether oxygens (including phenoxy) is 2. The van der Waals surface area contributed by atoms with Crippen molar-refractivity contribution in [1.29, 1.82) is 5.26 Å². The average Bonchev–Trinajstić information content (AvgIpc) is 3.58. The first-order valence-electron chi connectivity index (χ1n) is 11.4. The SMILES string of the molecule is N#CC(=Cc1cn(-c2ccccc2)nc1-c1cc2ccccc2oc1=O)C(=O)c1ccc2c(c1)OCO2. The van der Waals surface area contributed by atoms with Crippen LogP contribution >= 0.6 is 0 Å². The molecule has 8 nitrogen and oxygen atoms in total. The van der Waals surface area contributed by atoms with E-state index in [0.717, 1.165) is 11.1 Å². The fraction of sp³-hybridized carbons (Fsp3) is 0.0345. The maximum atomic E-state index is 13.3. The van der Waals surface area contributed by atoms with Crippen molar-refractivity contribution in [2.24, 2.45) is 0 Å². The molecule has 0 aliphatic carbocycles. The van der Waals surface area contributed by atoms with Gasteiger partial charge in [0.25, 0.3) is 0 Å². The Bertz CT molecular complexity index is 1810. The summed E-state index contributed by atoms with van der Waals surface area (Å²) in [6.45, 7) is 0.0737. The van der Waals surface area contributed by atoms with Gasteiger partial charge in [0.1, 0.15) is 22.9 Å². The lowest BCUT2D eigenvalue weighted by Crippen LogP contribution is -2.05. The van der Waals surface area contributed by atoms with Crippen molar-refractivity contribution in [3.63, 3.8) is 0 Å². The Morgan fingerprint density at radius 3 is 2.59 bits per heavy atom. The summed E-state index contributed by atoms with van der Waals surface area (Å²) in [6.07, 6.45) is 3.10. The summed E-state index contributed by atoms with van der Waals surface area (Å²) in [6, 6.07) is 24.9. The van der Waals surface area contributed by atoms with Crippen molar-refractivity contribution in [1.82, 2.24) is 9.78 Å². The van der Waals surface area contributed by atoms with Crippen molar-refractivity contribution < 1.29 is 18.7 Å². The second kappa shape index (κ2) is 8.98. The molecule has 0 unspecified atom stereocenters. The molecule has 0 amide bonds. The lowest BCUT2D eigenvalue weighted by molar-refractivity contribution is 0.103. The second-order valence-electron chi connectivity index (χ2n) is 8.27. The van der Waals surface area contributed by atoms with Crippen molar-refractivity contribution in [2.45, 2.75) is 0 Å². The van der Waals surface area contributed by atoms with Gasteiger partial charge < -0.3 is 13.9 Å². The minimum absolute atomic E-state index is 0.0737. The van der Waals surface area contributed by atoms with Gasteiger partial charge in [-0.1, -0.05) is 36.4 Å². The number of para-hydroxylation sites is 2. The van der Waals surface area contributed by atoms with E-state index in [0.29, 0.717) is 22.6 Å². The minimum atomic E-state index is -0.577.